The summed E-state index contributed by atoms with van der Waals surface area (Å²) in [6, 6.07) is 0. The lowest BCUT2D eigenvalue weighted by molar-refractivity contribution is 0.447. The van der Waals surface area contributed by atoms with Crippen LogP contribution < -0.4 is 0 Å². The Morgan fingerprint density at radius 2 is 2.08 bits per heavy atom. The van der Waals surface area contributed by atoms with Crippen LogP contribution in [0.3, 0.4) is 0 Å². The van der Waals surface area contributed by atoms with Crippen molar-refractivity contribution >= 4 is 10.0 Å². The molecule has 0 spiro atoms. The van der Waals surface area contributed by atoms with Gasteiger partial charge in [0.1, 0.15) is 0 Å². The second-order valence-electron chi connectivity index (χ2n) is 4.01. The highest BCUT2D eigenvalue weighted by molar-refractivity contribution is 7.89. The van der Waals surface area contributed by atoms with E-state index in [9.17, 15) is 8.42 Å². The Morgan fingerprint density at radius 1 is 1.46 bits per heavy atom. The lowest BCUT2D eigenvalue weighted by Gasteiger charge is -2.18. The van der Waals surface area contributed by atoms with Gasteiger partial charge >= 0.3 is 0 Å². The molecule has 0 aromatic heterocycles. The smallest absolute Gasteiger partial charge is 0.212 e. The maximum atomic E-state index is 11.7. The molecular weight excluding hydrogens is 186 g/mol. The van der Waals surface area contributed by atoms with E-state index in [-0.39, 0.29) is 5.25 Å². The number of nitrogens with zero attached hydrogens (tertiary/aromatic N) is 1. The van der Waals surface area contributed by atoms with Crippen molar-refractivity contribution in [3.8, 4) is 0 Å². The SMILES string of the molecule is CCC1CCN(S(=O)(=O)C(C)C)C1. The molecule has 1 aliphatic heterocycles. The third-order valence-electron chi connectivity index (χ3n) is 2.78. The van der Waals surface area contributed by atoms with Gasteiger partial charge in [-0.3, -0.25) is 0 Å². The van der Waals surface area contributed by atoms with Crippen molar-refractivity contribution in [3.63, 3.8) is 0 Å². The minimum Gasteiger partial charge on any atom is -0.212 e. The predicted molar refractivity (Wildman–Crippen MR) is 54.0 cm³/mol. The fourth-order valence-corrected chi connectivity index (χ4v) is 3.03. The van der Waals surface area contributed by atoms with Gasteiger partial charge in [-0.2, -0.15) is 0 Å². The summed E-state index contributed by atoms with van der Waals surface area (Å²) < 4.78 is 25.1. The van der Waals surface area contributed by atoms with E-state index < -0.39 is 10.0 Å². The first-order chi connectivity index (χ1) is 5.98. The molecule has 4 heteroatoms. The molecule has 78 valence electrons. The van der Waals surface area contributed by atoms with Crippen LogP contribution in [0.5, 0.6) is 0 Å². The van der Waals surface area contributed by atoms with E-state index in [1.165, 1.54) is 0 Å². The van der Waals surface area contributed by atoms with Crippen molar-refractivity contribution in [1.82, 2.24) is 4.31 Å². The number of rotatable bonds is 3. The summed E-state index contributed by atoms with van der Waals surface area (Å²) in [4.78, 5) is 0. The molecule has 1 aliphatic rings. The first kappa shape index (κ1) is 11.0. The molecule has 3 nitrogen and oxygen atoms in total. The summed E-state index contributed by atoms with van der Waals surface area (Å²) >= 11 is 0. The molecule has 1 rings (SSSR count). The van der Waals surface area contributed by atoms with Crippen molar-refractivity contribution in [2.45, 2.75) is 38.9 Å². The van der Waals surface area contributed by atoms with Gasteiger partial charge in [-0.05, 0) is 26.2 Å². The van der Waals surface area contributed by atoms with Gasteiger partial charge in [-0.25, -0.2) is 12.7 Å². The van der Waals surface area contributed by atoms with Crippen LogP contribution in [0, 0.1) is 5.92 Å². The van der Waals surface area contributed by atoms with Crippen LogP contribution in [-0.2, 0) is 10.0 Å². The molecule has 0 radical (unpaired) electrons. The van der Waals surface area contributed by atoms with Gasteiger partial charge in [0.25, 0.3) is 0 Å². The zero-order valence-corrected chi connectivity index (χ0v) is 9.47. The van der Waals surface area contributed by atoms with Crippen LogP contribution in [0.2, 0.25) is 0 Å². The second-order valence-corrected chi connectivity index (χ2v) is 6.50. The molecule has 1 fully saturated rings. The first-order valence-electron chi connectivity index (χ1n) is 4.97. The molecule has 0 saturated carbocycles. The summed E-state index contributed by atoms with van der Waals surface area (Å²) in [6.07, 6.45) is 2.12. The standard InChI is InChI=1S/C9H19NO2S/c1-4-9-5-6-10(7-9)13(11,12)8(2)3/h8-9H,4-7H2,1-3H3. The Kier molecular flexibility index (Phi) is 3.35. The van der Waals surface area contributed by atoms with E-state index in [0.717, 1.165) is 25.9 Å². The van der Waals surface area contributed by atoms with E-state index >= 15 is 0 Å². The lowest BCUT2D eigenvalue weighted by Crippen LogP contribution is -2.34. The minimum absolute atomic E-state index is 0.275. The van der Waals surface area contributed by atoms with Gasteiger partial charge in [0.05, 0.1) is 5.25 Å². The monoisotopic (exact) mass is 205 g/mol. The van der Waals surface area contributed by atoms with Gasteiger partial charge < -0.3 is 0 Å². The number of sulfonamides is 1. The Morgan fingerprint density at radius 3 is 2.46 bits per heavy atom. The molecule has 1 heterocycles. The van der Waals surface area contributed by atoms with Crippen molar-refractivity contribution in [1.29, 1.82) is 0 Å². The molecule has 0 bridgehead atoms. The molecule has 1 atom stereocenters. The normalized spacial score (nSPS) is 25.7. The Labute approximate surface area is 81.2 Å². The van der Waals surface area contributed by atoms with Crippen LogP contribution >= 0.6 is 0 Å². The molecule has 1 unspecified atom stereocenters. The van der Waals surface area contributed by atoms with E-state index in [4.69, 9.17) is 0 Å². The zero-order valence-electron chi connectivity index (χ0n) is 8.66. The summed E-state index contributed by atoms with van der Waals surface area (Å²) in [5.41, 5.74) is 0. The second kappa shape index (κ2) is 3.96. The van der Waals surface area contributed by atoms with Gasteiger partial charge in [0.2, 0.25) is 10.0 Å². The molecule has 0 amide bonds. The Hall–Kier alpha value is -0.0900. The lowest BCUT2D eigenvalue weighted by atomic mass is 10.1. The van der Waals surface area contributed by atoms with E-state index in [0.29, 0.717) is 5.92 Å². The molecular formula is C9H19NO2S. The third-order valence-corrected chi connectivity index (χ3v) is 5.02. The topological polar surface area (TPSA) is 37.4 Å². The van der Waals surface area contributed by atoms with Crippen LogP contribution in [0.25, 0.3) is 0 Å². The maximum Gasteiger partial charge on any atom is 0.216 e. The molecule has 0 N–H and O–H groups in total. The van der Waals surface area contributed by atoms with Crippen molar-refractivity contribution < 1.29 is 8.42 Å². The van der Waals surface area contributed by atoms with Crippen LogP contribution in [-0.4, -0.2) is 31.1 Å². The van der Waals surface area contributed by atoms with Crippen LogP contribution in [0.15, 0.2) is 0 Å². The summed E-state index contributed by atoms with van der Waals surface area (Å²) in [5, 5.41) is -0.275. The van der Waals surface area contributed by atoms with E-state index in [2.05, 4.69) is 6.92 Å². The highest BCUT2D eigenvalue weighted by atomic mass is 32.2. The van der Waals surface area contributed by atoms with Crippen molar-refractivity contribution in [2.75, 3.05) is 13.1 Å². The molecule has 13 heavy (non-hydrogen) atoms. The average Bonchev–Trinajstić information content (AvgIpc) is 2.51. The fraction of sp³-hybridized carbons (Fsp3) is 1.00. The highest BCUT2D eigenvalue weighted by Crippen LogP contribution is 2.23. The Bertz CT molecular complexity index is 259. The van der Waals surface area contributed by atoms with Gasteiger partial charge in [-0.1, -0.05) is 13.3 Å². The fourth-order valence-electron chi connectivity index (χ4n) is 1.66. The maximum absolute atomic E-state index is 11.7. The van der Waals surface area contributed by atoms with Crippen molar-refractivity contribution in [2.24, 2.45) is 5.92 Å². The van der Waals surface area contributed by atoms with Gasteiger partial charge in [0.15, 0.2) is 0 Å². The molecule has 0 aromatic rings. The zero-order chi connectivity index (χ0) is 10.1. The van der Waals surface area contributed by atoms with Gasteiger partial charge in [-0.15, -0.1) is 0 Å². The van der Waals surface area contributed by atoms with E-state index in [1.54, 1.807) is 18.2 Å². The summed E-state index contributed by atoms with van der Waals surface area (Å²) in [5.74, 6) is 0.577. The first-order valence-corrected chi connectivity index (χ1v) is 6.47. The number of hydrogen-bond acceptors (Lipinski definition) is 2. The molecule has 0 aromatic carbocycles. The van der Waals surface area contributed by atoms with E-state index in [1.807, 2.05) is 0 Å². The third kappa shape index (κ3) is 2.23. The summed E-state index contributed by atoms with van der Waals surface area (Å²) in [6.45, 7) is 7.06. The Balaban J connectivity index is 2.66. The number of hydrogen-bond donors (Lipinski definition) is 0. The van der Waals surface area contributed by atoms with Gasteiger partial charge in [0, 0.05) is 13.1 Å². The molecule has 1 saturated heterocycles. The largest absolute Gasteiger partial charge is 0.216 e. The van der Waals surface area contributed by atoms with Crippen molar-refractivity contribution in [3.05, 3.63) is 0 Å². The molecule has 0 aliphatic carbocycles. The van der Waals surface area contributed by atoms with Crippen LogP contribution in [0.4, 0.5) is 0 Å². The van der Waals surface area contributed by atoms with Crippen LogP contribution in [0.1, 0.15) is 33.6 Å². The predicted octanol–water partition coefficient (Wildman–Crippen LogP) is 1.46. The minimum atomic E-state index is -2.99. The quantitative estimate of drug-likeness (QED) is 0.699. The summed E-state index contributed by atoms with van der Waals surface area (Å²) in [7, 11) is -2.99. The average molecular weight is 205 g/mol. The highest BCUT2D eigenvalue weighted by Gasteiger charge is 2.32.